The molecule has 1 aromatic carbocycles. The highest BCUT2D eigenvalue weighted by Gasteiger charge is 2.06. The summed E-state index contributed by atoms with van der Waals surface area (Å²) in [5.41, 5.74) is 1.13. The third-order valence-electron chi connectivity index (χ3n) is 2.11. The second-order valence-electron chi connectivity index (χ2n) is 3.53. The van der Waals surface area contributed by atoms with Crippen LogP contribution in [0, 0.1) is 0 Å². The van der Waals surface area contributed by atoms with Gasteiger partial charge in [-0.25, -0.2) is 0 Å². The van der Waals surface area contributed by atoms with Gasteiger partial charge in [0.05, 0.1) is 13.2 Å². The standard InChI is InChI=1S/C11H16BrNO2/c1-8(14)6-13-7-9-5-10(12)3-4-11(9)15-2/h3-5,8,13-14H,6-7H2,1-2H3/p+1/t8-/m1/s1. The van der Waals surface area contributed by atoms with Crippen LogP contribution in [-0.2, 0) is 6.54 Å². The highest BCUT2D eigenvalue weighted by molar-refractivity contribution is 9.10. The van der Waals surface area contributed by atoms with E-state index in [1.54, 1.807) is 14.0 Å². The summed E-state index contributed by atoms with van der Waals surface area (Å²) in [6.45, 7) is 3.30. The summed E-state index contributed by atoms with van der Waals surface area (Å²) in [5.74, 6) is 0.889. The fourth-order valence-corrected chi connectivity index (χ4v) is 1.80. The second kappa shape index (κ2) is 6.10. The van der Waals surface area contributed by atoms with Crippen LogP contribution in [0.15, 0.2) is 22.7 Å². The van der Waals surface area contributed by atoms with Crippen LogP contribution in [0.5, 0.6) is 5.75 Å². The van der Waals surface area contributed by atoms with E-state index >= 15 is 0 Å². The van der Waals surface area contributed by atoms with Crippen molar-refractivity contribution in [3.05, 3.63) is 28.2 Å². The molecule has 0 unspecified atom stereocenters. The third-order valence-corrected chi connectivity index (χ3v) is 2.61. The van der Waals surface area contributed by atoms with Gasteiger partial charge >= 0.3 is 0 Å². The van der Waals surface area contributed by atoms with Crippen molar-refractivity contribution in [3.63, 3.8) is 0 Å². The number of rotatable bonds is 5. The number of hydrogen-bond acceptors (Lipinski definition) is 2. The van der Waals surface area contributed by atoms with Gasteiger partial charge < -0.3 is 15.2 Å². The summed E-state index contributed by atoms with van der Waals surface area (Å²) in [6, 6.07) is 5.93. The molecule has 15 heavy (non-hydrogen) atoms. The summed E-state index contributed by atoms with van der Waals surface area (Å²) in [7, 11) is 1.67. The minimum Gasteiger partial charge on any atom is -0.496 e. The molecule has 0 saturated carbocycles. The number of nitrogens with two attached hydrogens (primary N) is 1. The molecular formula is C11H17BrNO2+. The lowest BCUT2D eigenvalue weighted by atomic mass is 10.2. The number of halogens is 1. The summed E-state index contributed by atoms with van der Waals surface area (Å²) < 4.78 is 6.30. The Labute approximate surface area is 98.6 Å². The molecule has 0 heterocycles. The molecule has 0 bridgehead atoms. The summed E-state index contributed by atoms with van der Waals surface area (Å²) in [4.78, 5) is 0. The van der Waals surface area contributed by atoms with Crippen molar-refractivity contribution in [2.24, 2.45) is 0 Å². The smallest absolute Gasteiger partial charge is 0.127 e. The molecule has 1 atom stereocenters. The highest BCUT2D eigenvalue weighted by atomic mass is 79.9. The van der Waals surface area contributed by atoms with Crippen LogP contribution in [0.4, 0.5) is 0 Å². The van der Waals surface area contributed by atoms with Crippen LogP contribution >= 0.6 is 15.9 Å². The average Bonchev–Trinajstić information content (AvgIpc) is 2.17. The summed E-state index contributed by atoms with van der Waals surface area (Å²) in [6.07, 6.45) is -0.275. The van der Waals surface area contributed by atoms with Crippen molar-refractivity contribution >= 4 is 15.9 Å². The van der Waals surface area contributed by atoms with E-state index in [1.807, 2.05) is 18.2 Å². The van der Waals surface area contributed by atoms with Gasteiger partial charge in [0.25, 0.3) is 0 Å². The molecule has 0 fully saturated rings. The first-order valence-electron chi connectivity index (χ1n) is 4.95. The van der Waals surface area contributed by atoms with E-state index < -0.39 is 0 Å². The molecule has 0 aromatic heterocycles. The Morgan fingerprint density at radius 2 is 2.27 bits per heavy atom. The van der Waals surface area contributed by atoms with E-state index in [1.165, 1.54) is 0 Å². The van der Waals surface area contributed by atoms with E-state index in [9.17, 15) is 0 Å². The van der Waals surface area contributed by atoms with Crippen molar-refractivity contribution in [1.29, 1.82) is 0 Å². The van der Waals surface area contributed by atoms with Gasteiger partial charge in [-0.1, -0.05) is 15.9 Å². The van der Waals surface area contributed by atoms with E-state index in [0.717, 1.165) is 22.3 Å². The van der Waals surface area contributed by atoms with Crippen LogP contribution in [0.2, 0.25) is 0 Å². The van der Waals surface area contributed by atoms with Gasteiger partial charge in [0.2, 0.25) is 0 Å². The fourth-order valence-electron chi connectivity index (χ4n) is 1.39. The molecule has 3 nitrogen and oxygen atoms in total. The summed E-state index contributed by atoms with van der Waals surface area (Å²) >= 11 is 3.43. The molecule has 1 aromatic rings. The van der Waals surface area contributed by atoms with Gasteiger partial charge in [-0.15, -0.1) is 0 Å². The zero-order valence-corrected chi connectivity index (χ0v) is 10.6. The monoisotopic (exact) mass is 274 g/mol. The van der Waals surface area contributed by atoms with Crippen LogP contribution in [-0.4, -0.2) is 24.9 Å². The number of hydrogen-bond donors (Lipinski definition) is 2. The molecule has 1 rings (SSSR count). The molecule has 0 aliphatic rings. The van der Waals surface area contributed by atoms with Gasteiger partial charge in [-0.05, 0) is 25.1 Å². The Morgan fingerprint density at radius 1 is 1.53 bits per heavy atom. The Bertz CT molecular complexity index is 315. The first-order chi connectivity index (χ1) is 7.13. The lowest BCUT2D eigenvalue weighted by Crippen LogP contribution is -2.84. The Morgan fingerprint density at radius 3 is 2.87 bits per heavy atom. The maximum Gasteiger partial charge on any atom is 0.127 e. The number of methoxy groups -OCH3 is 1. The molecule has 0 radical (unpaired) electrons. The fraction of sp³-hybridized carbons (Fsp3) is 0.455. The zero-order valence-electron chi connectivity index (χ0n) is 9.03. The second-order valence-corrected chi connectivity index (χ2v) is 4.45. The maximum atomic E-state index is 9.14. The van der Waals surface area contributed by atoms with Gasteiger partial charge in [0.15, 0.2) is 0 Å². The topological polar surface area (TPSA) is 46.1 Å². The van der Waals surface area contributed by atoms with Crippen LogP contribution in [0.1, 0.15) is 12.5 Å². The first kappa shape index (κ1) is 12.5. The molecule has 3 N–H and O–H groups in total. The molecule has 4 heteroatoms. The van der Waals surface area contributed by atoms with Gasteiger partial charge in [0.1, 0.15) is 18.8 Å². The predicted molar refractivity (Wildman–Crippen MR) is 62.9 cm³/mol. The minimum absolute atomic E-state index is 0.275. The number of quaternary nitrogens is 1. The van der Waals surface area contributed by atoms with Crippen molar-refractivity contribution in [2.45, 2.75) is 19.6 Å². The molecule has 0 aliphatic carbocycles. The molecule has 0 aliphatic heterocycles. The van der Waals surface area contributed by atoms with E-state index in [0.29, 0.717) is 6.54 Å². The van der Waals surface area contributed by atoms with Crippen molar-refractivity contribution < 1.29 is 15.2 Å². The molecule has 0 saturated heterocycles. The number of benzene rings is 1. The number of aliphatic hydroxyl groups excluding tert-OH is 1. The predicted octanol–water partition coefficient (Wildman–Crippen LogP) is 0.902. The molecular weight excluding hydrogens is 258 g/mol. The largest absolute Gasteiger partial charge is 0.496 e. The average molecular weight is 275 g/mol. The lowest BCUT2D eigenvalue weighted by molar-refractivity contribution is -0.676. The van der Waals surface area contributed by atoms with Crippen molar-refractivity contribution in [2.75, 3.05) is 13.7 Å². The van der Waals surface area contributed by atoms with Gasteiger partial charge in [0, 0.05) is 10.0 Å². The number of aliphatic hydroxyl groups is 1. The van der Waals surface area contributed by atoms with Gasteiger partial charge in [-0.2, -0.15) is 0 Å². The third kappa shape index (κ3) is 4.20. The maximum absolute atomic E-state index is 9.14. The molecule has 84 valence electrons. The molecule has 0 amide bonds. The first-order valence-corrected chi connectivity index (χ1v) is 5.75. The van der Waals surface area contributed by atoms with Crippen molar-refractivity contribution in [3.8, 4) is 5.75 Å². The Kier molecular flexibility index (Phi) is 5.08. The zero-order chi connectivity index (χ0) is 11.3. The molecule has 0 spiro atoms. The normalized spacial score (nSPS) is 12.5. The van der Waals surface area contributed by atoms with Crippen LogP contribution in [0.3, 0.4) is 0 Å². The van der Waals surface area contributed by atoms with E-state index in [4.69, 9.17) is 9.84 Å². The Hall–Kier alpha value is -0.580. The van der Waals surface area contributed by atoms with Crippen molar-refractivity contribution in [1.82, 2.24) is 0 Å². The quantitative estimate of drug-likeness (QED) is 0.838. The van der Waals surface area contributed by atoms with Crippen LogP contribution < -0.4 is 10.1 Å². The van der Waals surface area contributed by atoms with E-state index in [-0.39, 0.29) is 6.10 Å². The minimum atomic E-state index is -0.275. The van der Waals surface area contributed by atoms with Gasteiger partial charge in [-0.3, -0.25) is 0 Å². The van der Waals surface area contributed by atoms with E-state index in [2.05, 4.69) is 21.2 Å². The SMILES string of the molecule is COc1ccc(Br)cc1C[NH2+]C[C@@H](C)O. The Balaban J connectivity index is 2.62. The number of ether oxygens (including phenoxy) is 1. The van der Waals surface area contributed by atoms with Crippen LogP contribution in [0.25, 0.3) is 0 Å². The summed E-state index contributed by atoms with van der Waals surface area (Å²) in [5, 5.41) is 11.2. The lowest BCUT2D eigenvalue weighted by Gasteiger charge is -2.08. The highest BCUT2D eigenvalue weighted by Crippen LogP contribution is 2.21.